The van der Waals surface area contributed by atoms with E-state index in [1.165, 1.54) is 0 Å². The Morgan fingerprint density at radius 3 is 2.55 bits per heavy atom. The van der Waals surface area contributed by atoms with Crippen LogP contribution in [0.15, 0.2) is 24.5 Å². The Bertz CT molecular complexity index is 545. The summed E-state index contributed by atoms with van der Waals surface area (Å²) in [5.74, 6) is 0.189. The molecule has 1 N–H and O–H groups in total. The summed E-state index contributed by atoms with van der Waals surface area (Å²) in [5.41, 5.74) is 0.995. The lowest BCUT2D eigenvalue weighted by molar-refractivity contribution is -0.122. The highest BCUT2D eigenvalue weighted by Gasteiger charge is 2.23. The van der Waals surface area contributed by atoms with Crippen LogP contribution < -0.4 is 5.32 Å². The molecule has 6 nitrogen and oxygen atoms in total. The molecular weight excluding hydrogens is 278 g/mol. The standard InChI is InChI=1S/C13H19N3O3S/c1-11(12-2-4-14-5-3-12)15-13(17)10-16-6-8-20(18,19)9-7-16/h2-5,11H,6-10H2,1H3,(H,15,17)/t11-/m1/s1. The fraction of sp³-hybridized carbons (Fsp3) is 0.538. The molecule has 1 aliphatic rings. The van der Waals surface area contributed by atoms with Crippen LogP contribution in [0.3, 0.4) is 0 Å². The first kappa shape index (κ1) is 14.9. The first-order valence-corrected chi connectivity index (χ1v) is 8.40. The van der Waals surface area contributed by atoms with Crippen molar-refractivity contribution >= 4 is 15.7 Å². The molecule has 0 spiro atoms. The molecule has 2 rings (SSSR count). The van der Waals surface area contributed by atoms with E-state index < -0.39 is 9.84 Å². The number of sulfone groups is 1. The Morgan fingerprint density at radius 2 is 1.95 bits per heavy atom. The molecule has 1 amide bonds. The zero-order chi connectivity index (χ0) is 14.6. The van der Waals surface area contributed by atoms with Crippen LogP contribution in [-0.2, 0) is 14.6 Å². The van der Waals surface area contributed by atoms with Gasteiger partial charge in [-0.3, -0.25) is 14.7 Å². The lowest BCUT2D eigenvalue weighted by atomic mass is 10.1. The van der Waals surface area contributed by atoms with Crippen LogP contribution in [0.1, 0.15) is 18.5 Å². The second-order valence-electron chi connectivity index (χ2n) is 5.00. The minimum Gasteiger partial charge on any atom is -0.348 e. The molecule has 0 aromatic carbocycles. The van der Waals surface area contributed by atoms with E-state index >= 15 is 0 Å². The molecule has 1 aliphatic heterocycles. The van der Waals surface area contributed by atoms with Gasteiger partial charge in [-0.05, 0) is 24.6 Å². The molecule has 110 valence electrons. The van der Waals surface area contributed by atoms with E-state index in [1.807, 2.05) is 24.0 Å². The number of carbonyl (C=O) groups excluding carboxylic acids is 1. The summed E-state index contributed by atoms with van der Waals surface area (Å²) < 4.78 is 22.6. The van der Waals surface area contributed by atoms with Crippen molar-refractivity contribution in [2.45, 2.75) is 13.0 Å². The van der Waals surface area contributed by atoms with Gasteiger partial charge in [0.1, 0.15) is 0 Å². The van der Waals surface area contributed by atoms with Gasteiger partial charge in [0.15, 0.2) is 9.84 Å². The van der Waals surface area contributed by atoms with Crippen LogP contribution in [0.25, 0.3) is 0 Å². The predicted molar refractivity (Wildman–Crippen MR) is 75.9 cm³/mol. The van der Waals surface area contributed by atoms with Gasteiger partial charge in [-0.2, -0.15) is 0 Å². The van der Waals surface area contributed by atoms with Gasteiger partial charge >= 0.3 is 0 Å². The maximum absolute atomic E-state index is 11.9. The summed E-state index contributed by atoms with van der Waals surface area (Å²) in [7, 11) is -2.90. The Labute approximate surface area is 119 Å². The molecule has 0 bridgehead atoms. The predicted octanol–water partition coefficient (Wildman–Crippen LogP) is -0.0108. The molecule has 1 aromatic heterocycles. The van der Waals surface area contributed by atoms with Crippen LogP contribution in [0.2, 0.25) is 0 Å². The number of pyridine rings is 1. The van der Waals surface area contributed by atoms with Gasteiger partial charge in [0.25, 0.3) is 0 Å². The van der Waals surface area contributed by atoms with Crippen LogP contribution in [0, 0.1) is 0 Å². The number of hydrogen-bond acceptors (Lipinski definition) is 5. The minimum absolute atomic E-state index is 0.0842. The van der Waals surface area contributed by atoms with Gasteiger partial charge in [-0.25, -0.2) is 8.42 Å². The molecule has 0 aliphatic carbocycles. The highest BCUT2D eigenvalue weighted by molar-refractivity contribution is 7.91. The van der Waals surface area contributed by atoms with Crippen molar-refractivity contribution in [3.05, 3.63) is 30.1 Å². The summed E-state index contributed by atoms with van der Waals surface area (Å²) in [6.45, 7) is 3.01. The van der Waals surface area contributed by atoms with Crippen molar-refractivity contribution in [2.24, 2.45) is 0 Å². The number of amides is 1. The number of aromatic nitrogens is 1. The van der Waals surface area contributed by atoms with Crippen molar-refractivity contribution in [3.8, 4) is 0 Å². The maximum Gasteiger partial charge on any atom is 0.234 e. The SMILES string of the molecule is C[C@@H](NC(=O)CN1CCS(=O)(=O)CC1)c1ccncc1. The molecule has 0 saturated carbocycles. The van der Waals surface area contributed by atoms with Crippen molar-refractivity contribution in [1.82, 2.24) is 15.2 Å². The summed E-state index contributed by atoms with van der Waals surface area (Å²) in [5, 5.41) is 2.91. The van der Waals surface area contributed by atoms with E-state index in [2.05, 4.69) is 10.3 Å². The molecule has 7 heteroatoms. The topological polar surface area (TPSA) is 79.4 Å². The second kappa shape index (κ2) is 6.32. The van der Waals surface area contributed by atoms with E-state index in [0.29, 0.717) is 13.1 Å². The summed E-state index contributed by atoms with van der Waals surface area (Å²) >= 11 is 0. The molecule has 1 fully saturated rings. The quantitative estimate of drug-likeness (QED) is 0.845. The van der Waals surface area contributed by atoms with Crippen molar-refractivity contribution in [3.63, 3.8) is 0 Å². The zero-order valence-corrected chi connectivity index (χ0v) is 12.3. The van der Waals surface area contributed by atoms with E-state index in [0.717, 1.165) is 5.56 Å². The van der Waals surface area contributed by atoms with Gasteiger partial charge in [0.05, 0.1) is 24.1 Å². The third kappa shape index (κ3) is 4.28. The van der Waals surface area contributed by atoms with Gasteiger partial charge in [0, 0.05) is 25.5 Å². The van der Waals surface area contributed by atoms with E-state index in [9.17, 15) is 13.2 Å². The highest BCUT2D eigenvalue weighted by atomic mass is 32.2. The largest absolute Gasteiger partial charge is 0.348 e. The fourth-order valence-electron chi connectivity index (χ4n) is 2.13. The van der Waals surface area contributed by atoms with Crippen LogP contribution in [-0.4, -0.2) is 55.3 Å². The first-order valence-electron chi connectivity index (χ1n) is 6.58. The number of nitrogens with one attached hydrogen (secondary N) is 1. The lowest BCUT2D eigenvalue weighted by Crippen LogP contribution is -2.45. The normalized spacial score (nSPS) is 20.2. The average molecular weight is 297 g/mol. The summed E-state index contributed by atoms with van der Waals surface area (Å²) in [4.78, 5) is 17.7. The molecule has 0 unspecified atom stereocenters. The van der Waals surface area contributed by atoms with Gasteiger partial charge in [-0.1, -0.05) is 0 Å². The monoisotopic (exact) mass is 297 g/mol. The third-order valence-electron chi connectivity index (χ3n) is 3.39. The lowest BCUT2D eigenvalue weighted by Gasteiger charge is -2.26. The number of hydrogen-bond donors (Lipinski definition) is 1. The molecule has 1 aromatic rings. The fourth-order valence-corrected chi connectivity index (χ4v) is 3.41. The van der Waals surface area contributed by atoms with E-state index in [4.69, 9.17) is 0 Å². The van der Waals surface area contributed by atoms with Crippen LogP contribution >= 0.6 is 0 Å². The Hall–Kier alpha value is -1.47. The number of rotatable bonds is 4. The molecule has 0 radical (unpaired) electrons. The number of carbonyl (C=O) groups is 1. The average Bonchev–Trinajstić information content (AvgIpc) is 2.42. The van der Waals surface area contributed by atoms with Crippen molar-refractivity contribution in [1.29, 1.82) is 0 Å². The van der Waals surface area contributed by atoms with Gasteiger partial charge in [0.2, 0.25) is 5.91 Å². The Morgan fingerprint density at radius 1 is 1.35 bits per heavy atom. The first-order chi connectivity index (χ1) is 9.46. The molecular formula is C13H19N3O3S. The number of nitrogens with zero attached hydrogens (tertiary/aromatic N) is 2. The summed E-state index contributed by atoms with van der Waals surface area (Å²) in [6, 6.07) is 3.63. The maximum atomic E-state index is 11.9. The van der Waals surface area contributed by atoms with E-state index in [-0.39, 0.29) is 30.0 Å². The van der Waals surface area contributed by atoms with Gasteiger partial charge in [-0.15, -0.1) is 0 Å². The third-order valence-corrected chi connectivity index (χ3v) is 5.00. The van der Waals surface area contributed by atoms with Crippen LogP contribution in [0.5, 0.6) is 0 Å². The smallest absolute Gasteiger partial charge is 0.234 e. The van der Waals surface area contributed by atoms with Crippen molar-refractivity contribution < 1.29 is 13.2 Å². The van der Waals surface area contributed by atoms with Crippen molar-refractivity contribution in [2.75, 3.05) is 31.1 Å². The molecule has 1 atom stereocenters. The molecule has 1 saturated heterocycles. The minimum atomic E-state index is -2.90. The summed E-state index contributed by atoms with van der Waals surface area (Å²) in [6.07, 6.45) is 3.38. The zero-order valence-electron chi connectivity index (χ0n) is 11.4. The van der Waals surface area contributed by atoms with E-state index in [1.54, 1.807) is 12.4 Å². The molecule has 2 heterocycles. The Kier molecular flexibility index (Phi) is 4.72. The second-order valence-corrected chi connectivity index (χ2v) is 7.30. The highest BCUT2D eigenvalue weighted by Crippen LogP contribution is 2.10. The van der Waals surface area contributed by atoms with Gasteiger partial charge < -0.3 is 5.32 Å². The molecule has 20 heavy (non-hydrogen) atoms. The Balaban J connectivity index is 1.81. The van der Waals surface area contributed by atoms with Crippen LogP contribution in [0.4, 0.5) is 0 Å².